The van der Waals surface area contributed by atoms with Gasteiger partial charge in [0.25, 0.3) is 0 Å². The van der Waals surface area contributed by atoms with E-state index in [-0.39, 0.29) is 6.17 Å². The Morgan fingerprint density at radius 3 is 2.50 bits per heavy atom. The molecule has 0 saturated heterocycles. The van der Waals surface area contributed by atoms with Crippen LogP contribution in [0, 0.1) is 0 Å². The standard InChI is InChI=1S/C15H26N2O2Si/c1-18-20(3,19-2)13-7-12-17-15(16)11-10-14-8-5-4-6-9-14/h4-6,8-11,15,17H,7,12-13,16H2,1-3H3. The molecule has 20 heavy (non-hydrogen) atoms. The highest BCUT2D eigenvalue weighted by Crippen LogP contribution is 2.12. The molecule has 0 aromatic heterocycles. The van der Waals surface area contributed by atoms with Gasteiger partial charge in [0.15, 0.2) is 0 Å². The van der Waals surface area contributed by atoms with Crippen LogP contribution in [0.25, 0.3) is 6.08 Å². The number of hydrogen-bond donors (Lipinski definition) is 2. The topological polar surface area (TPSA) is 56.5 Å². The smallest absolute Gasteiger partial charge is 0.334 e. The Morgan fingerprint density at radius 1 is 1.25 bits per heavy atom. The fourth-order valence-corrected chi connectivity index (χ4v) is 3.21. The van der Waals surface area contributed by atoms with Crippen LogP contribution < -0.4 is 11.1 Å². The molecule has 0 radical (unpaired) electrons. The first-order valence-electron chi connectivity index (χ1n) is 6.92. The van der Waals surface area contributed by atoms with Crippen molar-refractivity contribution in [1.29, 1.82) is 0 Å². The third-order valence-corrected chi connectivity index (χ3v) is 6.34. The predicted molar refractivity (Wildman–Crippen MR) is 86.5 cm³/mol. The van der Waals surface area contributed by atoms with Crippen LogP contribution in [0.4, 0.5) is 0 Å². The minimum atomic E-state index is -1.94. The molecule has 112 valence electrons. The Hall–Kier alpha value is -0.983. The molecule has 3 N–H and O–H groups in total. The zero-order valence-corrected chi connectivity index (χ0v) is 13.6. The van der Waals surface area contributed by atoms with Crippen molar-refractivity contribution in [2.45, 2.75) is 25.2 Å². The summed E-state index contributed by atoms with van der Waals surface area (Å²) in [5.74, 6) is 0. The molecule has 1 unspecified atom stereocenters. The zero-order valence-electron chi connectivity index (χ0n) is 12.6. The van der Waals surface area contributed by atoms with E-state index in [1.165, 1.54) is 0 Å². The summed E-state index contributed by atoms with van der Waals surface area (Å²) in [5, 5.41) is 3.28. The summed E-state index contributed by atoms with van der Waals surface area (Å²) >= 11 is 0. The highest BCUT2D eigenvalue weighted by atomic mass is 28.4. The number of rotatable bonds is 9. The van der Waals surface area contributed by atoms with Gasteiger partial charge >= 0.3 is 8.56 Å². The van der Waals surface area contributed by atoms with Crippen LogP contribution in [0.5, 0.6) is 0 Å². The average molecular weight is 294 g/mol. The van der Waals surface area contributed by atoms with Gasteiger partial charge in [-0.1, -0.05) is 42.5 Å². The van der Waals surface area contributed by atoms with E-state index in [0.717, 1.165) is 24.6 Å². The summed E-state index contributed by atoms with van der Waals surface area (Å²) in [6, 6.07) is 11.1. The van der Waals surface area contributed by atoms with Gasteiger partial charge < -0.3 is 14.6 Å². The van der Waals surface area contributed by atoms with Crippen LogP contribution in [0.2, 0.25) is 12.6 Å². The zero-order chi connectivity index (χ0) is 14.8. The number of hydrogen-bond acceptors (Lipinski definition) is 4. The van der Waals surface area contributed by atoms with Crippen molar-refractivity contribution < 1.29 is 8.85 Å². The van der Waals surface area contributed by atoms with E-state index < -0.39 is 8.56 Å². The van der Waals surface area contributed by atoms with Crippen molar-refractivity contribution in [3.05, 3.63) is 42.0 Å². The van der Waals surface area contributed by atoms with E-state index in [1.54, 1.807) is 14.2 Å². The maximum atomic E-state index is 5.99. The maximum Gasteiger partial charge on any atom is 0.334 e. The molecule has 0 fully saturated rings. The van der Waals surface area contributed by atoms with Gasteiger partial charge in [-0.15, -0.1) is 0 Å². The van der Waals surface area contributed by atoms with E-state index in [0.29, 0.717) is 0 Å². The summed E-state index contributed by atoms with van der Waals surface area (Å²) in [5.41, 5.74) is 7.14. The lowest BCUT2D eigenvalue weighted by Crippen LogP contribution is -2.39. The molecule has 0 bridgehead atoms. The molecular weight excluding hydrogens is 268 g/mol. The molecule has 1 aromatic carbocycles. The van der Waals surface area contributed by atoms with Gasteiger partial charge in [-0.2, -0.15) is 0 Å². The largest absolute Gasteiger partial charge is 0.398 e. The normalized spacial score (nSPS) is 13.8. The highest BCUT2D eigenvalue weighted by molar-refractivity contribution is 6.65. The number of benzene rings is 1. The lowest BCUT2D eigenvalue weighted by atomic mass is 10.2. The molecular formula is C15H26N2O2Si. The third kappa shape index (κ3) is 6.45. The van der Waals surface area contributed by atoms with Gasteiger partial charge in [-0.05, 0) is 31.1 Å². The van der Waals surface area contributed by atoms with Gasteiger partial charge in [0.2, 0.25) is 0 Å². The van der Waals surface area contributed by atoms with Crippen molar-refractivity contribution in [1.82, 2.24) is 5.32 Å². The highest BCUT2D eigenvalue weighted by Gasteiger charge is 2.27. The number of nitrogens with one attached hydrogen (secondary N) is 1. The van der Waals surface area contributed by atoms with Crippen LogP contribution in [-0.2, 0) is 8.85 Å². The molecule has 4 nitrogen and oxygen atoms in total. The van der Waals surface area contributed by atoms with Crippen molar-refractivity contribution in [2.75, 3.05) is 20.8 Å². The van der Waals surface area contributed by atoms with E-state index in [9.17, 15) is 0 Å². The summed E-state index contributed by atoms with van der Waals surface area (Å²) in [6.07, 6.45) is 4.87. The van der Waals surface area contributed by atoms with Crippen molar-refractivity contribution in [3.8, 4) is 0 Å². The second-order valence-corrected chi connectivity index (χ2v) is 8.48. The molecule has 5 heteroatoms. The van der Waals surface area contributed by atoms with Crippen molar-refractivity contribution in [3.63, 3.8) is 0 Å². The van der Waals surface area contributed by atoms with Gasteiger partial charge in [-0.3, -0.25) is 5.32 Å². The SMILES string of the molecule is CO[Si](C)(CCCNC(N)C=Cc1ccccc1)OC. The van der Waals surface area contributed by atoms with E-state index in [1.807, 2.05) is 30.4 Å². The Bertz CT molecular complexity index is 394. The van der Waals surface area contributed by atoms with Crippen molar-refractivity contribution >= 4 is 14.6 Å². The summed E-state index contributed by atoms with van der Waals surface area (Å²) < 4.78 is 10.9. The molecule has 1 aromatic rings. The quantitative estimate of drug-likeness (QED) is 0.417. The molecule has 0 heterocycles. The fraction of sp³-hybridized carbons (Fsp3) is 0.467. The Kier molecular flexibility index (Phi) is 7.72. The molecule has 0 aliphatic carbocycles. The van der Waals surface area contributed by atoms with Gasteiger partial charge in [0, 0.05) is 14.2 Å². The monoisotopic (exact) mass is 294 g/mol. The van der Waals surface area contributed by atoms with Gasteiger partial charge in [0.05, 0.1) is 6.17 Å². The van der Waals surface area contributed by atoms with E-state index >= 15 is 0 Å². The van der Waals surface area contributed by atoms with Crippen LogP contribution in [0.15, 0.2) is 36.4 Å². The van der Waals surface area contributed by atoms with Gasteiger partial charge in [0.1, 0.15) is 0 Å². The van der Waals surface area contributed by atoms with E-state index in [4.69, 9.17) is 14.6 Å². The van der Waals surface area contributed by atoms with Crippen LogP contribution in [0.3, 0.4) is 0 Å². The second kappa shape index (κ2) is 9.04. The molecule has 0 amide bonds. The second-order valence-electron chi connectivity index (χ2n) is 4.90. The maximum absolute atomic E-state index is 5.99. The average Bonchev–Trinajstić information content (AvgIpc) is 2.50. The Morgan fingerprint density at radius 2 is 1.90 bits per heavy atom. The molecule has 1 rings (SSSR count). The predicted octanol–water partition coefficient (Wildman–Crippen LogP) is 2.33. The first-order chi connectivity index (χ1) is 9.59. The minimum Gasteiger partial charge on any atom is -0.398 e. The molecule has 0 spiro atoms. The summed E-state index contributed by atoms with van der Waals surface area (Å²) in [7, 11) is 1.50. The Balaban J connectivity index is 2.24. The third-order valence-electron chi connectivity index (χ3n) is 3.35. The van der Waals surface area contributed by atoms with Crippen molar-refractivity contribution in [2.24, 2.45) is 5.73 Å². The summed E-state index contributed by atoms with van der Waals surface area (Å²) in [4.78, 5) is 0. The molecule has 1 atom stereocenters. The van der Waals surface area contributed by atoms with E-state index in [2.05, 4.69) is 24.0 Å². The Labute approximate surface area is 123 Å². The first-order valence-corrected chi connectivity index (χ1v) is 9.44. The van der Waals surface area contributed by atoms with Crippen LogP contribution in [0.1, 0.15) is 12.0 Å². The summed E-state index contributed by atoms with van der Waals surface area (Å²) in [6.45, 7) is 2.93. The fourth-order valence-electron chi connectivity index (χ4n) is 1.81. The molecule has 0 aliphatic rings. The first kappa shape index (κ1) is 17.1. The lowest BCUT2D eigenvalue weighted by molar-refractivity contribution is 0.248. The minimum absolute atomic E-state index is 0.131. The van der Waals surface area contributed by atoms with Crippen LogP contribution >= 0.6 is 0 Å². The lowest BCUT2D eigenvalue weighted by Gasteiger charge is -2.22. The molecule has 0 aliphatic heterocycles. The molecule has 0 saturated carbocycles. The van der Waals surface area contributed by atoms with Gasteiger partial charge in [-0.25, -0.2) is 0 Å². The number of nitrogens with two attached hydrogens (primary N) is 1. The van der Waals surface area contributed by atoms with Crippen LogP contribution in [-0.4, -0.2) is 35.5 Å².